The van der Waals surface area contributed by atoms with Gasteiger partial charge in [-0.15, -0.1) is 11.3 Å². The molecule has 4 atom stereocenters. The van der Waals surface area contributed by atoms with E-state index in [1.807, 2.05) is 45.0 Å². The van der Waals surface area contributed by atoms with Gasteiger partial charge in [0.05, 0.1) is 33.9 Å². The number of rotatable bonds is 9. The van der Waals surface area contributed by atoms with Gasteiger partial charge in [0.25, 0.3) is 0 Å². The Morgan fingerprint density at radius 3 is 2.47 bits per heavy atom. The molecule has 2 amide bonds. The van der Waals surface area contributed by atoms with Gasteiger partial charge < -0.3 is 19.8 Å². The normalized spacial score (nSPS) is 19.0. The van der Waals surface area contributed by atoms with E-state index in [9.17, 15) is 19.5 Å². The Bertz CT molecular complexity index is 1300. The van der Waals surface area contributed by atoms with Gasteiger partial charge in [0, 0.05) is 25.5 Å². The van der Waals surface area contributed by atoms with Crippen molar-refractivity contribution in [3.8, 4) is 10.4 Å². The summed E-state index contributed by atoms with van der Waals surface area (Å²) in [6.07, 6.45) is -0.596. The minimum absolute atomic E-state index is 0.0491. The minimum Gasteiger partial charge on any atom is -0.391 e. The van der Waals surface area contributed by atoms with Gasteiger partial charge in [-0.3, -0.25) is 14.4 Å². The van der Waals surface area contributed by atoms with E-state index < -0.39 is 30.0 Å². The number of likely N-dealkylation sites (tertiary alicyclic amines) is 1. The molecule has 2 N–H and O–H groups in total. The molecule has 1 unspecified atom stereocenters. The van der Waals surface area contributed by atoms with E-state index in [4.69, 9.17) is 4.52 Å². The van der Waals surface area contributed by atoms with Crippen LogP contribution in [0.2, 0.25) is 0 Å². The first kappa shape index (κ1) is 27.7. The van der Waals surface area contributed by atoms with Crippen molar-refractivity contribution in [2.24, 2.45) is 5.92 Å². The number of aromatic nitrogens is 2. The van der Waals surface area contributed by atoms with Crippen LogP contribution in [0.1, 0.15) is 68.3 Å². The standard InChI is InChI=1S/C28H34N4O5S/c1-15(2)25(24-10-16(3)31-37-24)28(36)32-13-21(34)12-23(32)27(35)30-22(11-17(4)33)19-6-8-20(9-7-19)26-18(5)29-14-38-26/h6-10,14-15,21-23,25,34H,11-13H2,1-5H3,(H,30,35)/t21-,22+,23+,25?/m1/s1. The molecule has 0 radical (unpaired) electrons. The summed E-state index contributed by atoms with van der Waals surface area (Å²) in [4.78, 5) is 46.1. The first-order chi connectivity index (χ1) is 18.0. The number of Topliss-reactive ketones (excluding diaryl/α,β-unsaturated/α-hetero) is 1. The molecule has 4 rings (SSSR count). The van der Waals surface area contributed by atoms with Gasteiger partial charge in [0.1, 0.15) is 23.5 Å². The lowest BCUT2D eigenvalue weighted by molar-refractivity contribution is -0.141. The molecule has 0 saturated carbocycles. The highest BCUT2D eigenvalue weighted by Crippen LogP contribution is 2.32. The zero-order valence-corrected chi connectivity index (χ0v) is 23.1. The van der Waals surface area contributed by atoms with Crippen molar-refractivity contribution in [3.05, 3.63) is 58.6 Å². The van der Waals surface area contributed by atoms with Gasteiger partial charge in [-0.05, 0) is 37.8 Å². The highest BCUT2D eigenvalue weighted by atomic mass is 32.1. The van der Waals surface area contributed by atoms with Crippen LogP contribution < -0.4 is 5.32 Å². The zero-order chi connectivity index (χ0) is 27.6. The first-order valence-corrected chi connectivity index (χ1v) is 13.6. The Balaban J connectivity index is 1.55. The largest absolute Gasteiger partial charge is 0.391 e. The van der Waals surface area contributed by atoms with Crippen LogP contribution in [0, 0.1) is 19.8 Å². The molecular formula is C28H34N4O5S. The summed E-state index contributed by atoms with van der Waals surface area (Å²) >= 11 is 1.56. The maximum Gasteiger partial charge on any atom is 0.243 e. The number of ketones is 1. The number of aliphatic hydroxyl groups excluding tert-OH is 1. The molecule has 1 aliphatic rings. The van der Waals surface area contributed by atoms with Crippen molar-refractivity contribution in [3.63, 3.8) is 0 Å². The third kappa shape index (κ3) is 6.02. The smallest absolute Gasteiger partial charge is 0.243 e. The van der Waals surface area contributed by atoms with Crippen LogP contribution in [0.3, 0.4) is 0 Å². The van der Waals surface area contributed by atoms with E-state index in [0.717, 1.165) is 21.7 Å². The molecule has 1 fully saturated rings. The van der Waals surface area contributed by atoms with Crippen LogP contribution in [0.25, 0.3) is 10.4 Å². The summed E-state index contributed by atoms with van der Waals surface area (Å²) in [6.45, 7) is 9.08. The summed E-state index contributed by atoms with van der Waals surface area (Å²) in [6, 6.07) is 8.00. The number of benzene rings is 1. The summed E-state index contributed by atoms with van der Waals surface area (Å²) in [7, 11) is 0. The number of aryl methyl sites for hydroxylation is 2. The molecule has 1 saturated heterocycles. The summed E-state index contributed by atoms with van der Waals surface area (Å²) < 4.78 is 5.40. The van der Waals surface area contributed by atoms with Crippen molar-refractivity contribution in [2.45, 2.75) is 71.6 Å². The van der Waals surface area contributed by atoms with E-state index in [-0.39, 0.29) is 37.0 Å². The molecule has 1 aromatic carbocycles. The number of nitrogens with zero attached hydrogens (tertiary/aromatic N) is 3. The summed E-state index contributed by atoms with van der Waals surface area (Å²) in [5.74, 6) is -1.07. The van der Waals surface area contributed by atoms with Crippen LogP contribution in [0.15, 0.2) is 40.4 Å². The van der Waals surface area contributed by atoms with Gasteiger partial charge in [-0.1, -0.05) is 43.3 Å². The third-order valence-corrected chi connectivity index (χ3v) is 7.86. The van der Waals surface area contributed by atoms with Crippen molar-refractivity contribution in [1.29, 1.82) is 0 Å². The van der Waals surface area contributed by atoms with Gasteiger partial charge in [-0.2, -0.15) is 0 Å². The van der Waals surface area contributed by atoms with Crippen molar-refractivity contribution >= 4 is 28.9 Å². The fourth-order valence-electron chi connectivity index (χ4n) is 5.00. The molecule has 0 bridgehead atoms. The van der Waals surface area contributed by atoms with Crippen LogP contribution in [-0.4, -0.2) is 56.4 Å². The van der Waals surface area contributed by atoms with E-state index in [0.29, 0.717) is 11.5 Å². The second kappa shape index (κ2) is 11.6. The molecule has 38 heavy (non-hydrogen) atoms. The number of aliphatic hydroxyl groups is 1. The van der Waals surface area contributed by atoms with Gasteiger partial charge in [-0.25, -0.2) is 4.98 Å². The van der Waals surface area contributed by atoms with Crippen LogP contribution in [0.4, 0.5) is 0 Å². The molecule has 3 heterocycles. The Morgan fingerprint density at radius 1 is 1.21 bits per heavy atom. The fourth-order valence-corrected chi connectivity index (χ4v) is 5.81. The van der Waals surface area contributed by atoms with Gasteiger partial charge in [0.2, 0.25) is 11.8 Å². The predicted molar refractivity (Wildman–Crippen MR) is 143 cm³/mol. The summed E-state index contributed by atoms with van der Waals surface area (Å²) in [5.41, 5.74) is 5.21. The van der Waals surface area contributed by atoms with E-state index in [1.54, 1.807) is 29.8 Å². The second-order valence-corrected chi connectivity index (χ2v) is 11.2. The Morgan fingerprint density at radius 2 is 1.92 bits per heavy atom. The molecule has 10 heteroatoms. The average molecular weight is 539 g/mol. The number of hydrogen-bond donors (Lipinski definition) is 2. The first-order valence-electron chi connectivity index (χ1n) is 12.8. The molecule has 1 aliphatic heterocycles. The lowest BCUT2D eigenvalue weighted by Crippen LogP contribution is -2.49. The molecule has 3 aromatic rings. The van der Waals surface area contributed by atoms with E-state index in [1.165, 1.54) is 11.8 Å². The number of carbonyl (C=O) groups is 3. The highest BCUT2D eigenvalue weighted by Gasteiger charge is 2.43. The fraction of sp³-hybridized carbons (Fsp3) is 0.464. The molecule has 0 spiro atoms. The number of carbonyl (C=O) groups excluding carboxylic acids is 3. The van der Waals surface area contributed by atoms with Crippen molar-refractivity contribution in [2.75, 3.05) is 6.54 Å². The topological polar surface area (TPSA) is 126 Å². The average Bonchev–Trinajstić information content (AvgIpc) is 3.58. The number of thiazole rings is 1. The van der Waals surface area contributed by atoms with Gasteiger partial charge >= 0.3 is 0 Å². The SMILES string of the molecule is CC(=O)C[C@H](NC(=O)[C@@H]1C[C@@H](O)CN1C(=O)C(c1cc(C)no1)C(C)C)c1ccc(-c2scnc2C)cc1. The summed E-state index contributed by atoms with van der Waals surface area (Å²) in [5, 5.41) is 17.3. The van der Waals surface area contributed by atoms with E-state index in [2.05, 4.69) is 15.5 Å². The second-order valence-electron chi connectivity index (χ2n) is 10.3. The quantitative estimate of drug-likeness (QED) is 0.422. The Hall–Kier alpha value is -3.37. The lowest BCUT2D eigenvalue weighted by Gasteiger charge is -2.30. The molecule has 202 valence electrons. The molecule has 9 nitrogen and oxygen atoms in total. The lowest BCUT2D eigenvalue weighted by atomic mass is 9.91. The number of hydrogen-bond acceptors (Lipinski definition) is 8. The molecular weight excluding hydrogens is 504 g/mol. The maximum atomic E-state index is 13.7. The van der Waals surface area contributed by atoms with Crippen molar-refractivity contribution < 1.29 is 24.0 Å². The number of amides is 2. The van der Waals surface area contributed by atoms with E-state index >= 15 is 0 Å². The number of nitrogens with one attached hydrogen (secondary N) is 1. The number of β-amino-alcohol motifs (C(OH)–C–C–N with tert-alkyl or cyclic N) is 1. The Kier molecular flexibility index (Phi) is 8.42. The van der Waals surface area contributed by atoms with Crippen LogP contribution >= 0.6 is 11.3 Å². The van der Waals surface area contributed by atoms with Gasteiger partial charge in [0.15, 0.2) is 0 Å². The predicted octanol–water partition coefficient (Wildman–Crippen LogP) is 3.95. The monoisotopic (exact) mass is 538 g/mol. The highest BCUT2D eigenvalue weighted by molar-refractivity contribution is 7.13. The van der Waals surface area contributed by atoms with Crippen molar-refractivity contribution in [1.82, 2.24) is 20.4 Å². The minimum atomic E-state index is -0.864. The maximum absolute atomic E-state index is 13.7. The third-order valence-electron chi connectivity index (χ3n) is 6.88. The van der Waals surface area contributed by atoms with Crippen LogP contribution in [-0.2, 0) is 14.4 Å². The zero-order valence-electron chi connectivity index (χ0n) is 22.3. The van der Waals surface area contributed by atoms with Crippen LogP contribution in [0.5, 0.6) is 0 Å². The Labute approximate surface area is 226 Å². The molecule has 0 aliphatic carbocycles. The molecule has 2 aromatic heterocycles.